The number of ether oxygens (including phenoxy) is 1. The van der Waals surface area contributed by atoms with Gasteiger partial charge in [0.15, 0.2) is 5.78 Å². The van der Waals surface area contributed by atoms with Crippen molar-refractivity contribution in [2.45, 2.75) is 40.0 Å². The topological polar surface area (TPSA) is 78.7 Å². The molecule has 17 heavy (non-hydrogen) atoms. The van der Waals surface area contributed by atoms with Crippen molar-refractivity contribution < 1.29 is 19.5 Å². The van der Waals surface area contributed by atoms with Crippen molar-refractivity contribution in [2.75, 3.05) is 19.8 Å². The van der Waals surface area contributed by atoms with Crippen molar-refractivity contribution in [3.05, 3.63) is 10.1 Å². The first kappa shape index (κ1) is 15.8. The number of hydrogen-bond donors (Lipinski definition) is 0. The van der Waals surface area contributed by atoms with E-state index in [-0.39, 0.29) is 24.4 Å². The predicted molar refractivity (Wildman–Crippen MR) is 62.1 cm³/mol. The minimum atomic E-state index is -0.839. The Morgan fingerprint density at radius 3 is 2.47 bits per heavy atom. The van der Waals surface area contributed by atoms with E-state index in [2.05, 4.69) is 25.6 Å². The second-order valence-corrected chi connectivity index (χ2v) is 5.06. The van der Waals surface area contributed by atoms with Gasteiger partial charge in [0.2, 0.25) is 0 Å². The Balaban J connectivity index is 3.37. The molecule has 0 radical (unpaired) electrons. The van der Waals surface area contributed by atoms with Crippen LogP contribution in [0, 0.1) is 15.5 Å². The lowest BCUT2D eigenvalue weighted by molar-refractivity contribution is -0.757. The van der Waals surface area contributed by atoms with E-state index in [1.54, 1.807) is 0 Å². The molecule has 0 amide bonds. The molecule has 0 saturated carbocycles. The second kappa shape index (κ2) is 8.00. The smallest absolute Gasteiger partial charge is 0.294 e. The van der Waals surface area contributed by atoms with E-state index in [1.807, 2.05) is 0 Å². The van der Waals surface area contributed by atoms with E-state index < -0.39 is 5.09 Å². The standard InChI is InChI=1S/C11H21NO5/c1-11(2,3)6-5-10(13)9-16-7-4-8-17-12(14)15/h4-9H2,1-3H3. The van der Waals surface area contributed by atoms with Crippen LogP contribution in [-0.4, -0.2) is 30.7 Å². The molecule has 0 aromatic heterocycles. The molecule has 0 unspecified atom stereocenters. The minimum absolute atomic E-state index is 0.00316. The lowest BCUT2D eigenvalue weighted by Crippen LogP contribution is -2.14. The largest absolute Gasteiger partial charge is 0.374 e. The van der Waals surface area contributed by atoms with Crippen molar-refractivity contribution in [1.82, 2.24) is 0 Å². The third-order valence-corrected chi connectivity index (χ3v) is 2.05. The van der Waals surface area contributed by atoms with Gasteiger partial charge in [-0.3, -0.25) is 4.79 Å². The average molecular weight is 247 g/mol. The molecule has 0 N–H and O–H groups in total. The summed E-state index contributed by atoms with van der Waals surface area (Å²) in [7, 11) is 0. The molecule has 0 spiro atoms. The third kappa shape index (κ3) is 12.8. The summed E-state index contributed by atoms with van der Waals surface area (Å²) in [6.07, 6.45) is 1.75. The summed E-state index contributed by atoms with van der Waals surface area (Å²) >= 11 is 0. The Kier molecular flexibility index (Phi) is 7.45. The summed E-state index contributed by atoms with van der Waals surface area (Å²) in [5.74, 6) is 0.0649. The molecule has 0 atom stereocenters. The summed E-state index contributed by atoms with van der Waals surface area (Å²) in [5, 5.41) is 8.97. The number of hydrogen-bond acceptors (Lipinski definition) is 5. The zero-order chi connectivity index (χ0) is 13.3. The number of nitrogens with zero attached hydrogens (tertiary/aromatic N) is 1. The molecule has 0 saturated heterocycles. The van der Waals surface area contributed by atoms with Gasteiger partial charge in [-0.1, -0.05) is 20.8 Å². The fourth-order valence-corrected chi connectivity index (χ4v) is 1.07. The normalized spacial score (nSPS) is 11.2. The van der Waals surface area contributed by atoms with Crippen LogP contribution in [0.4, 0.5) is 0 Å². The maximum Gasteiger partial charge on any atom is 0.294 e. The first-order chi connectivity index (χ1) is 7.81. The predicted octanol–water partition coefficient (Wildman–Crippen LogP) is 2.00. The molecule has 0 bridgehead atoms. The molecule has 0 rings (SSSR count). The quantitative estimate of drug-likeness (QED) is 0.353. The third-order valence-electron chi connectivity index (χ3n) is 2.05. The van der Waals surface area contributed by atoms with Crippen LogP contribution in [-0.2, 0) is 14.4 Å². The molecular formula is C11H21NO5. The van der Waals surface area contributed by atoms with Crippen molar-refractivity contribution >= 4 is 5.78 Å². The highest BCUT2D eigenvalue weighted by atomic mass is 16.9. The number of carbonyl (C=O) groups is 1. The Bertz CT molecular complexity index is 247. The molecule has 0 aliphatic rings. The van der Waals surface area contributed by atoms with Crippen LogP contribution in [0.5, 0.6) is 0 Å². The average Bonchev–Trinajstić information content (AvgIpc) is 2.19. The van der Waals surface area contributed by atoms with Crippen molar-refractivity contribution in [2.24, 2.45) is 5.41 Å². The number of carbonyl (C=O) groups excluding carboxylic acids is 1. The van der Waals surface area contributed by atoms with Gasteiger partial charge in [-0.05, 0) is 18.3 Å². The van der Waals surface area contributed by atoms with E-state index in [9.17, 15) is 14.9 Å². The van der Waals surface area contributed by atoms with Gasteiger partial charge in [-0.2, -0.15) is 0 Å². The fourth-order valence-electron chi connectivity index (χ4n) is 1.07. The Morgan fingerprint density at radius 2 is 1.94 bits per heavy atom. The van der Waals surface area contributed by atoms with Gasteiger partial charge in [-0.15, -0.1) is 10.1 Å². The molecule has 6 heteroatoms. The molecule has 100 valence electrons. The monoisotopic (exact) mass is 247 g/mol. The molecule has 0 aliphatic carbocycles. The van der Waals surface area contributed by atoms with Gasteiger partial charge >= 0.3 is 0 Å². The fraction of sp³-hybridized carbons (Fsp3) is 0.909. The van der Waals surface area contributed by atoms with Gasteiger partial charge in [0.05, 0.1) is 6.61 Å². The van der Waals surface area contributed by atoms with Gasteiger partial charge in [0.25, 0.3) is 5.09 Å². The van der Waals surface area contributed by atoms with Crippen LogP contribution in [0.15, 0.2) is 0 Å². The van der Waals surface area contributed by atoms with E-state index >= 15 is 0 Å². The SMILES string of the molecule is CC(C)(C)CCC(=O)COCCCO[N+](=O)[O-]. The van der Waals surface area contributed by atoms with E-state index in [4.69, 9.17) is 4.74 Å². The lowest BCUT2D eigenvalue weighted by Gasteiger charge is -2.16. The first-order valence-corrected chi connectivity index (χ1v) is 5.68. The molecule has 0 aliphatic heterocycles. The summed E-state index contributed by atoms with van der Waals surface area (Å²) in [4.78, 5) is 25.3. The zero-order valence-electron chi connectivity index (χ0n) is 10.7. The lowest BCUT2D eigenvalue weighted by atomic mass is 9.90. The highest BCUT2D eigenvalue weighted by Crippen LogP contribution is 2.20. The number of rotatable bonds is 9. The minimum Gasteiger partial charge on any atom is -0.374 e. The molecule has 0 aromatic rings. The van der Waals surface area contributed by atoms with Gasteiger partial charge in [-0.25, -0.2) is 0 Å². The van der Waals surface area contributed by atoms with Gasteiger partial charge < -0.3 is 9.57 Å². The molecule has 0 heterocycles. The van der Waals surface area contributed by atoms with Crippen LogP contribution >= 0.6 is 0 Å². The summed E-state index contributed by atoms with van der Waals surface area (Å²) < 4.78 is 5.09. The summed E-state index contributed by atoms with van der Waals surface area (Å²) in [6.45, 7) is 6.62. The van der Waals surface area contributed by atoms with Crippen molar-refractivity contribution in [1.29, 1.82) is 0 Å². The molecule has 0 aromatic carbocycles. The van der Waals surface area contributed by atoms with Gasteiger partial charge in [0.1, 0.15) is 6.61 Å². The maximum atomic E-state index is 11.4. The number of ketones is 1. The number of Topliss-reactive ketones (excluding diaryl/α,β-unsaturated/α-hetero) is 1. The van der Waals surface area contributed by atoms with E-state index in [0.29, 0.717) is 19.4 Å². The van der Waals surface area contributed by atoms with E-state index in [1.165, 1.54) is 0 Å². The Hall–Kier alpha value is -1.17. The van der Waals surface area contributed by atoms with Crippen molar-refractivity contribution in [3.8, 4) is 0 Å². The first-order valence-electron chi connectivity index (χ1n) is 5.68. The van der Waals surface area contributed by atoms with Crippen LogP contribution in [0.3, 0.4) is 0 Å². The Morgan fingerprint density at radius 1 is 1.29 bits per heavy atom. The molecule has 0 fully saturated rings. The molecular weight excluding hydrogens is 226 g/mol. The van der Waals surface area contributed by atoms with E-state index in [0.717, 1.165) is 6.42 Å². The van der Waals surface area contributed by atoms with Crippen LogP contribution < -0.4 is 0 Å². The van der Waals surface area contributed by atoms with Crippen LogP contribution in [0.25, 0.3) is 0 Å². The highest BCUT2D eigenvalue weighted by Gasteiger charge is 2.12. The zero-order valence-corrected chi connectivity index (χ0v) is 10.7. The van der Waals surface area contributed by atoms with Crippen LogP contribution in [0.1, 0.15) is 40.0 Å². The van der Waals surface area contributed by atoms with Gasteiger partial charge in [0, 0.05) is 13.0 Å². The Labute approximate surface area is 101 Å². The summed E-state index contributed by atoms with van der Waals surface area (Å²) in [5.41, 5.74) is 0.148. The highest BCUT2D eigenvalue weighted by molar-refractivity contribution is 5.79. The maximum absolute atomic E-state index is 11.4. The summed E-state index contributed by atoms with van der Waals surface area (Å²) in [6, 6.07) is 0. The van der Waals surface area contributed by atoms with Crippen molar-refractivity contribution in [3.63, 3.8) is 0 Å². The molecule has 6 nitrogen and oxygen atoms in total. The van der Waals surface area contributed by atoms with Crippen LogP contribution in [0.2, 0.25) is 0 Å². The second-order valence-electron chi connectivity index (χ2n) is 5.06.